The van der Waals surface area contributed by atoms with E-state index in [9.17, 15) is 9.90 Å². The fourth-order valence-electron chi connectivity index (χ4n) is 2.76. The average Bonchev–Trinajstić information content (AvgIpc) is 2.93. The third kappa shape index (κ3) is 4.93. The molecule has 1 aliphatic rings. The van der Waals surface area contributed by atoms with Crippen LogP contribution in [0.1, 0.15) is 37.8 Å². The van der Waals surface area contributed by atoms with Crippen LogP contribution in [0, 0.1) is 0 Å². The summed E-state index contributed by atoms with van der Waals surface area (Å²) in [6.45, 7) is 2.07. The highest BCUT2D eigenvalue weighted by atomic mass is 32.2. The number of carbonyl (C=O) groups excluding carboxylic acids is 1. The van der Waals surface area contributed by atoms with Crippen molar-refractivity contribution in [3.8, 4) is 0 Å². The van der Waals surface area contributed by atoms with Gasteiger partial charge in [-0.15, -0.1) is 0 Å². The van der Waals surface area contributed by atoms with Crippen LogP contribution in [-0.2, 0) is 0 Å². The summed E-state index contributed by atoms with van der Waals surface area (Å²) >= 11 is 1.97. The lowest BCUT2D eigenvalue weighted by molar-refractivity contribution is 0.214. The van der Waals surface area contributed by atoms with Crippen LogP contribution in [0.25, 0.3) is 0 Å². The van der Waals surface area contributed by atoms with Gasteiger partial charge >= 0.3 is 6.03 Å². The number of amides is 2. The zero-order chi connectivity index (χ0) is 15.1. The lowest BCUT2D eigenvalue weighted by Gasteiger charge is -2.19. The molecule has 0 saturated heterocycles. The molecule has 1 fully saturated rings. The van der Waals surface area contributed by atoms with Gasteiger partial charge in [0.1, 0.15) is 0 Å². The second kappa shape index (κ2) is 8.29. The van der Waals surface area contributed by atoms with Gasteiger partial charge in [-0.3, -0.25) is 0 Å². The summed E-state index contributed by atoms with van der Waals surface area (Å²) in [5.74, 6) is 1.13. The smallest absolute Gasteiger partial charge is 0.315 e. The normalized spacial score (nSPS) is 22.8. The first-order valence-electron chi connectivity index (χ1n) is 7.57. The minimum Gasteiger partial charge on any atom is -0.394 e. The molecule has 116 valence electrons. The Kier molecular flexibility index (Phi) is 6.39. The SMILES string of the molecule is CCS[C@@H]1CC[C@H](NC(=O)N[C@H](CO)c2ccccc2)C1. The van der Waals surface area contributed by atoms with E-state index in [1.807, 2.05) is 42.1 Å². The quantitative estimate of drug-likeness (QED) is 0.757. The largest absolute Gasteiger partial charge is 0.394 e. The molecule has 1 aliphatic carbocycles. The molecular formula is C16H24N2O2S. The predicted molar refractivity (Wildman–Crippen MR) is 87.5 cm³/mol. The number of carbonyl (C=O) groups is 1. The summed E-state index contributed by atoms with van der Waals surface area (Å²) in [5, 5.41) is 16.0. The van der Waals surface area contributed by atoms with E-state index in [1.165, 1.54) is 6.42 Å². The van der Waals surface area contributed by atoms with E-state index >= 15 is 0 Å². The summed E-state index contributed by atoms with van der Waals surface area (Å²) in [5.41, 5.74) is 0.918. The maximum atomic E-state index is 12.1. The van der Waals surface area contributed by atoms with E-state index in [-0.39, 0.29) is 24.7 Å². The number of hydrogen-bond donors (Lipinski definition) is 3. The van der Waals surface area contributed by atoms with Crippen LogP contribution in [0.4, 0.5) is 4.79 Å². The molecule has 4 nitrogen and oxygen atoms in total. The zero-order valence-electron chi connectivity index (χ0n) is 12.4. The first-order chi connectivity index (χ1) is 10.2. The molecule has 0 bridgehead atoms. The van der Waals surface area contributed by atoms with Crippen LogP contribution in [0.5, 0.6) is 0 Å². The third-order valence-corrected chi connectivity index (χ3v) is 5.04. The Morgan fingerprint density at radius 2 is 2.14 bits per heavy atom. The molecule has 1 aromatic carbocycles. The first-order valence-corrected chi connectivity index (χ1v) is 8.62. The van der Waals surface area contributed by atoms with Crippen molar-refractivity contribution in [3.63, 3.8) is 0 Å². The first kappa shape index (κ1) is 16.2. The topological polar surface area (TPSA) is 61.4 Å². The van der Waals surface area contributed by atoms with Gasteiger partial charge in [-0.2, -0.15) is 11.8 Å². The number of hydrogen-bond acceptors (Lipinski definition) is 3. The van der Waals surface area contributed by atoms with Gasteiger partial charge in [0.15, 0.2) is 0 Å². The molecule has 0 unspecified atom stereocenters. The average molecular weight is 308 g/mol. The molecule has 0 heterocycles. The summed E-state index contributed by atoms with van der Waals surface area (Å²) in [6, 6.07) is 9.25. The molecule has 2 amide bonds. The monoisotopic (exact) mass is 308 g/mol. The second-order valence-corrected chi connectivity index (χ2v) is 6.93. The number of benzene rings is 1. The molecule has 1 saturated carbocycles. The van der Waals surface area contributed by atoms with E-state index in [0.717, 1.165) is 24.2 Å². The van der Waals surface area contributed by atoms with Gasteiger partial charge < -0.3 is 15.7 Å². The van der Waals surface area contributed by atoms with Crippen molar-refractivity contribution in [2.24, 2.45) is 0 Å². The van der Waals surface area contributed by atoms with Gasteiger partial charge in [-0.25, -0.2) is 4.79 Å². The van der Waals surface area contributed by atoms with Crippen LogP contribution in [-0.4, -0.2) is 34.8 Å². The fourth-order valence-corrected chi connectivity index (χ4v) is 3.91. The highest BCUT2D eigenvalue weighted by Gasteiger charge is 2.26. The van der Waals surface area contributed by atoms with Gasteiger partial charge in [0.05, 0.1) is 12.6 Å². The van der Waals surface area contributed by atoms with Gasteiger partial charge in [0, 0.05) is 11.3 Å². The number of urea groups is 1. The van der Waals surface area contributed by atoms with Crippen LogP contribution in [0.15, 0.2) is 30.3 Å². The lowest BCUT2D eigenvalue weighted by atomic mass is 10.1. The Bertz CT molecular complexity index is 441. The van der Waals surface area contributed by atoms with Crippen molar-refractivity contribution in [2.45, 2.75) is 43.5 Å². The van der Waals surface area contributed by atoms with Crippen molar-refractivity contribution >= 4 is 17.8 Å². The Balaban J connectivity index is 1.81. The highest BCUT2D eigenvalue weighted by molar-refractivity contribution is 7.99. The molecule has 21 heavy (non-hydrogen) atoms. The predicted octanol–water partition coefficient (Wildman–Crippen LogP) is 2.69. The Morgan fingerprint density at radius 3 is 2.81 bits per heavy atom. The van der Waals surface area contributed by atoms with E-state index in [0.29, 0.717) is 5.25 Å². The zero-order valence-corrected chi connectivity index (χ0v) is 13.2. The molecule has 1 aromatic rings. The van der Waals surface area contributed by atoms with E-state index in [2.05, 4.69) is 17.6 Å². The van der Waals surface area contributed by atoms with Crippen molar-refractivity contribution in [3.05, 3.63) is 35.9 Å². The van der Waals surface area contributed by atoms with E-state index < -0.39 is 0 Å². The van der Waals surface area contributed by atoms with Gasteiger partial charge in [0.25, 0.3) is 0 Å². The van der Waals surface area contributed by atoms with Crippen molar-refractivity contribution in [1.82, 2.24) is 10.6 Å². The van der Waals surface area contributed by atoms with Crippen molar-refractivity contribution in [2.75, 3.05) is 12.4 Å². The van der Waals surface area contributed by atoms with Gasteiger partial charge in [0.2, 0.25) is 0 Å². The Labute approximate surface area is 130 Å². The minimum atomic E-state index is -0.353. The van der Waals surface area contributed by atoms with E-state index in [1.54, 1.807) is 0 Å². The van der Waals surface area contributed by atoms with Crippen LogP contribution < -0.4 is 10.6 Å². The number of aliphatic hydroxyl groups is 1. The van der Waals surface area contributed by atoms with Crippen LogP contribution in [0.2, 0.25) is 0 Å². The summed E-state index contributed by atoms with van der Waals surface area (Å²) < 4.78 is 0. The van der Waals surface area contributed by atoms with E-state index in [4.69, 9.17) is 0 Å². The molecule has 0 aliphatic heterocycles. The minimum absolute atomic E-state index is 0.101. The number of thioether (sulfide) groups is 1. The molecule has 3 N–H and O–H groups in total. The molecule has 3 atom stereocenters. The Hall–Kier alpha value is -1.20. The maximum Gasteiger partial charge on any atom is 0.315 e. The number of aliphatic hydroxyl groups excluding tert-OH is 1. The van der Waals surface area contributed by atoms with Gasteiger partial charge in [-0.05, 0) is 30.6 Å². The number of rotatable bonds is 6. The molecule has 0 aromatic heterocycles. The fraction of sp³-hybridized carbons (Fsp3) is 0.562. The number of nitrogens with one attached hydrogen (secondary N) is 2. The van der Waals surface area contributed by atoms with Crippen molar-refractivity contribution < 1.29 is 9.90 Å². The molecule has 0 spiro atoms. The summed E-state index contributed by atoms with van der Waals surface area (Å²) in [4.78, 5) is 12.1. The molecule has 0 radical (unpaired) electrons. The molecule has 5 heteroatoms. The summed E-state index contributed by atoms with van der Waals surface area (Å²) in [7, 11) is 0. The third-order valence-electron chi connectivity index (χ3n) is 3.81. The van der Waals surface area contributed by atoms with Crippen LogP contribution in [0.3, 0.4) is 0 Å². The van der Waals surface area contributed by atoms with Crippen molar-refractivity contribution in [1.29, 1.82) is 0 Å². The summed E-state index contributed by atoms with van der Waals surface area (Å²) in [6.07, 6.45) is 3.26. The van der Waals surface area contributed by atoms with Crippen LogP contribution >= 0.6 is 11.8 Å². The highest BCUT2D eigenvalue weighted by Crippen LogP contribution is 2.29. The molecule has 2 rings (SSSR count). The maximum absolute atomic E-state index is 12.1. The lowest BCUT2D eigenvalue weighted by Crippen LogP contribution is -2.43. The standard InChI is InChI=1S/C16H24N2O2S/c1-2-21-14-9-8-13(10-14)17-16(20)18-15(11-19)12-6-4-3-5-7-12/h3-7,13-15,19H,2,8-11H2,1H3,(H2,17,18,20)/t13-,14+,15+/m0/s1. The Morgan fingerprint density at radius 1 is 1.38 bits per heavy atom. The molecular weight excluding hydrogens is 284 g/mol. The van der Waals surface area contributed by atoms with Gasteiger partial charge in [-0.1, -0.05) is 37.3 Å². The second-order valence-electron chi connectivity index (χ2n) is 5.35.